The van der Waals surface area contributed by atoms with Crippen molar-refractivity contribution in [2.24, 2.45) is 5.92 Å². The van der Waals surface area contributed by atoms with Crippen LogP contribution in [0.5, 0.6) is 0 Å². The van der Waals surface area contributed by atoms with Crippen LogP contribution in [0.25, 0.3) is 0 Å². The van der Waals surface area contributed by atoms with E-state index in [1.165, 1.54) is 22.5 Å². The Morgan fingerprint density at radius 2 is 1.81 bits per heavy atom. The fraction of sp³-hybridized carbons (Fsp3) is 0.429. The minimum Gasteiger partial charge on any atom is -0.359 e. The Hall–Kier alpha value is -2.14. The first-order valence-corrected chi connectivity index (χ1v) is 10.1. The lowest BCUT2D eigenvalue weighted by Gasteiger charge is -2.31. The molecule has 1 aromatic carbocycles. The number of aryl methyl sites for hydroxylation is 1. The van der Waals surface area contributed by atoms with Crippen LogP contribution in [-0.2, 0) is 17.6 Å². The van der Waals surface area contributed by atoms with Crippen molar-refractivity contribution in [3.8, 4) is 0 Å². The highest BCUT2D eigenvalue weighted by atomic mass is 32.1. The van der Waals surface area contributed by atoms with E-state index in [0.29, 0.717) is 12.3 Å². The summed E-state index contributed by atoms with van der Waals surface area (Å²) < 4.78 is 0. The molecule has 0 unspecified atom stereocenters. The average molecular weight is 371 g/mol. The Kier molecular flexibility index (Phi) is 6.45. The first kappa shape index (κ1) is 18.6. The summed E-state index contributed by atoms with van der Waals surface area (Å²) in [6, 6.07) is 12.5. The number of amides is 2. The molecule has 0 radical (unpaired) electrons. The minimum atomic E-state index is 0.0814. The molecule has 1 N–H and O–H groups in total. The van der Waals surface area contributed by atoms with Crippen LogP contribution in [0.1, 0.15) is 40.1 Å². The molecule has 0 atom stereocenters. The van der Waals surface area contributed by atoms with Crippen LogP contribution >= 0.6 is 11.3 Å². The average Bonchev–Trinajstić information content (AvgIpc) is 3.22. The fourth-order valence-corrected chi connectivity index (χ4v) is 4.15. The predicted molar refractivity (Wildman–Crippen MR) is 105 cm³/mol. The molecule has 138 valence electrons. The first-order valence-electron chi connectivity index (χ1n) is 9.27. The van der Waals surface area contributed by atoms with E-state index in [2.05, 4.69) is 29.6 Å². The summed E-state index contributed by atoms with van der Waals surface area (Å²) in [4.78, 5) is 26.6. The van der Waals surface area contributed by atoms with Crippen molar-refractivity contribution in [1.29, 1.82) is 0 Å². The zero-order valence-corrected chi connectivity index (χ0v) is 16.1. The third kappa shape index (κ3) is 4.94. The smallest absolute Gasteiger partial charge is 0.263 e. The monoisotopic (exact) mass is 370 g/mol. The Labute approximate surface area is 159 Å². The Morgan fingerprint density at radius 3 is 2.42 bits per heavy atom. The Balaban J connectivity index is 1.45. The van der Waals surface area contributed by atoms with Gasteiger partial charge in [0.05, 0.1) is 4.88 Å². The zero-order valence-electron chi connectivity index (χ0n) is 15.2. The van der Waals surface area contributed by atoms with Crippen LogP contribution in [0.3, 0.4) is 0 Å². The van der Waals surface area contributed by atoms with Crippen LogP contribution in [0, 0.1) is 5.92 Å². The van der Waals surface area contributed by atoms with Crippen LogP contribution < -0.4 is 5.32 Å². The summed E-state index contributed by atoms with van der Waals surface area (Å²) in [7, 11) is 1.67. The van der Waals surface area contributed by atoms with E-state index < -0.39 is 0 Å². The maximum absolute atomic E-state index is 12.4. The third-order valence-electron chi connectivity index (χ3n) is 5.10. The van der Waals surface area contributed by atoms with Crippen molar-refractivity contribution in [1.82, 2.24) is 10.2 Å². The van der Waals surface area contributed by atoms with E-state index in [4.69, 9.17) is 0 Å². The number of hydrogen-bond acceptors (Lipinski definition) is 3. The summed E-state index contributed by atoms with van der Waals surface area (Å²) in [6.45, 7) is 1.71. The van der Waals surface area contributed by atoms with Gasteiger partial charge in [-0.15, -0.1) is 11.3 Å². The predicted octanol–water partition coefficient (Wildman–Crippen LogP) is 3.52. The lowest BCUT2D eigenvalue weighted by Crippen LogP contribution is -2.38. The third-order valence-corrected chi connectivity index (χ3v) is 5.96. The second-order valence-corrected chi connectivity index (χ2v) is 7.85. The second kappa shape index (κ2) is 8.99. The summed E-state index contributed by atoms with van der Waals surface area (Å²) >= 11 is 1.52. The summed E-state index contributed by atoms with van der Waals surface area (Å²) in [6.07, 6.45) is 4.51. The largest absolute Gasteiger partial charge is 0.359 e. The van der Waals surface area contributed by atoms with Crippen LogP contribution in [0.4, 0.5) is 0 Å². The van der Waals surface area contributed by atoms with Gasteiger partial charge in [-0.3, -0.25) is 9.59 Å². The number of carbonyl (C=O) groups is 2. The number of hydrogen-bond donors (Lipinski definition) is 1. The van der Waals surface area contributed by atoms with Crippen molar-refractivity contribution in [2.45, 2.75) is 32.1 Å². The number of likely N-dealkylation sites (tertiary alicyclic amines) is 1. The number of benzene rings is 1. The van der Waals surface area contributed by atoms with E-state index in [1.807, 2.05) is 22.4 Å². The lowest BCUT2D eigenvalue weighted by molar-refractivity contribution is -0.120. The highest BCUT2D eigenvalue weighted by Crippen LogP contribution is 2.24. The van der Waals surface area contributed by atoms with E-state index in [-0.39, 0.29) is 11.8 Å². The van der Waals surface area contributed by atoms with E-state index >= 15 is 0 Å². The molecule has 3 rings (SSSR count). The van der Waals surface area contributed by atoms with Crippen LogP contribution in [0.15, 0.2) is 41.8 Å². The standard InChI is InChI=1S/C21H26N2O2S/c1-22-20(24)9-8-16-4-6-17(7-5-16)15-18-10-12-23(13-11-18)21(25)19-3-2-14-26-19/h2-7,14,18H,8-13,15H2,1H3,(H,22,24). The van der Waals surface area contributed by atoms with Gasteiger partial charge >= 0.3 is 0 Å². The van der Waals surface area contributed by atoms with Crippen LogP contribution in [-0.4, -0.2) is 36.9 Å². The van der Waals surface area contributed by atoms with Gasteiger partial charge in [-0.2, -0.15) is 0 Å². The second-order valence-electron chi connectivity index (χ2n) is 6.91. The number of nitrogens with zero attached hydrogens (tertiary/aromatic N) is 1. The van der Waals surface area contributed by atoms with Gasteiger partial charge in [-0.1, -0.05) is 30.3 Å². The molecule has 0 spiro atoms. The molecule has 2 heterocycles. The molecule has 1 aromatic heterocycles. The molecule has 1 fully saturated rings. The topological polar surface area (TPSA) is 49.4 Å². The zero-order chi connectivity index (χ0) is 18.4. The highest BCUT2D eigenvalue weighted by Gasteiger charge is 2.24. The number of thiophene rings is 1. The molecule has 1 aliphatic rings. The molecule has 4 nitrogen and oxygen atoms in total. The normalized spacial score (nSPS) is 15.0. The quantitative estimate of drug-likeness (QED) is 0.846. The van der Waals surface area contributed by atoms with Gasteiger partial charge in [-0.05, 0) is 54.2 Å². The molecule has 0 aliphatic carbocycles. The number of carbonyl (C=O) groups excluding carboxylic acids is 2. The molecule has 1 saturated heterocycles. The summed E-state index contributed by atoms with van der Waals surface area (Å²) in [5, 5.41) is 4.61. The van der Waals surface area contributed by atoms with Gasteiger partial charge in [0, 0.05) is 26.6 Å². The maximum atomic E-state index is 12.4. The van der Waals surface area contributed by atoms with E-state index in [0.717, 1.165) is 43.6 Å². The molecular weight excluding hydrogens is 344 g/mol. The van der Waals surface area contributed by atoms with Gasteiger partial charge in [0.25, 0.3) is 5.91 Å². The highest BCUT2D eigenvalue weighted by molar-refractivity contribution is 7.12. The maximum Gasteiger partial charge on any atom is 0.263 e. The van der Waals surface area contributed by atoms with Crippen molar-refractivity contribution in [3.63, 3.8) is 0 Å². The van der Waals surface area contributed by atoms with Gasteiger partial charge in [-0.25, -0.2) is 0 Å². The van der Waals surface area contributed by atoms with Gasteiger partial charge in [0.1, 0.15) is 0 Å². The molecule has 2 aromatic rings. The first-order chi connectivity index (χ1) is 12.7. The van der Waals surface area contributed by atoms with Crippen molar-refractivity contribution < 1.29 is 9.59 Å². The molecule has 26 heavy (non-hydrogen) atoms. The summed E-state index contributed by atoms with van der Waals surface area (Å²) in [5.74, 6) is 0.899. The van der Waals surface area contributed by atoms with Crippen molar-refractivity contribution in [3.05, 3.63) is 57.8 Å². The van der Waals surface area contributed by atoms with E-state index in [9.17, 15) is 9.59 Å². The number of rotatable bonds is 6. The van der Waals surface area contributed by atoms with Crippen LogP contribution in [0.2, 0.25) is 0 Å². The Bertz CT molecular complexity index is 717. The lowest BCUT2D eigenvalue weighted by atomic mass is 9.89. The van der Waals surface area contributed by atoms with Gasteiger partial charge in [0.15, 0.2) is 0 Å². The fourth-order valence-electron chi connectivity index (χ4n) is 3.45. The SMILES string of the molecule is CNC(=O)CCc1ccc(CC2CCN(C(=O)c3cccs3)CC2)cc1. The minimum absolute atomic E-state index is 0.0814. The van der Waals surface area contributed by atoms with Crippen molar-refractivity contribution >= 4 is 23.2 Å². The van der Waals surface area contributed by atoms with Gasteiger partial charge < -0.3 is 10.2 Å². The number of piperidine rings is 1. The molecule has 0 bridgehead atoms. The molecule has 1 aliphatic heterocycles. The molecule has 2 amide bonds. The summed E-state index contributed by atoms with van der Waals surface area (Å²) in [5.41, 5.74) is 2.55. The van der Waals surface area contributed by atoms with Gasteiger partial charge in [0.2, 0.25) is 5.91 Å². The van der Waals surface area contributed by atoms with E-state index in [1.54, 1.807) is 7.05 Å². The molecule has 5 heteroatoms. The molecule has 0 saturated carbocycles. The number of nitrogens with one attached hydrogen (secondary N) is 1. The Morgan fingerprint density at radius 1 is 1.12 bits per heavy atom. The van der Waals surface area contributed by atoms with Crippen molar-refractivity contribution in [2.75, 3.05) is 20.1 Å². The molecular formula is C21H26N2O2S.